The van der Waals surface area contributed by atoms with E-state index in [-0.39, 0.29) is 10.8 Å². The summed E-state index contributed by atoms with van der Waals surface area (Å²) in [5.74, 6) is 0.264. The van der Waals surface area contributed by atoms with Gasteiger partial charge in [-0.3, -0.25) is 4.79 Å². The van der Waals surface area contributed by atoms with Crippen LogP contribution in [0.1, 0.15) is 17.3 Å². The minimum atomic E-state index is -3.82. The summed E-state index contributed by atoms with van der Waals surface area (Å²) in [4.78, 5) is 12.2. The fourth-order valence-corrected chi connectivity index (χ4v) is 2.92. The lowest BCUT2D eigenvalue weighted by atomic mass is 10.2. The van der Waals surface area contributed by atoms with Crippen molar-refractivity contribution in [2.75, 3.05) is 11.9 Å². The van der Waals surface area contributed by atoms with E-state index in [0.29, 0.717) is 28.1 Å². The number of benzene rings is 2. The fraction of sp³-hybridized carbons (Fsp3) is 0.133. The predicted molar refractivity (Wildman–Crippen MR) is 91.1 cm³/mol. The van der Waals surface area contributed by atoms with Crippen molar-refractivity contribution >= 4 is 37.5 Å². The minimum absolute atomic E-state index is 0.0665. The lowest BCUT2D eigenvalue weighted by molar-refractivity contribution is 0.102. The number of sulfonamides is 1. The topological polar surface area (TPSA) is 98.5 Å². The number of hydrogen-bond acceptors (Lipinski definition) is 4. The lowest BCUT2D eigenvalue weighted by Crippen LogP contribution is -2.15. The first-order valence-electron chi connectivity index (χ1n) is 6.68. The van der Waals surface area contributed by atoms with Crippen LogP contribution in [0.3, 0.4) is 0 Å². The van der Waals surface area contributed by atoms with Crippen molar-refractivity contribution < 1.29 is 17.9 Å². The zero-order valence-electron chi connectivity index (χ0n) is 12.2. The van der Waals surface area contributed by atoms with E-state index in [1.807, 2.05) is 6.92 Å². The van der Waals surface area contributed by atoms with Gasteiger partial charge in [0.2, 0.25) is 10.0 Å². The SMILES string of the molecule is CCOc1ccc(C(=O)Nc2cccc(S(N)(=O)=O)c2)cc1Br. The number of primary sulfonamides is 1. The van der Waals surface area contributed by atoms with Crippen molar-refractivity contribution in [3.8, 4) is 5.75 Å². The highest BCUT2D eigenvalue weighted by Gasteiger charge is 2.12. The molecular weight excluding hydrogens is 384 g/mol. The van der Waals surface area contributed by atoms with Crippen LogP contribution in [-0.4, -0.2) is 20.9 Å². The minimum Gasteiger partial charge on any atom is -0.493 e. The number of halogens is 1. The molecule has 0 aliphatic heterocycles. The highest BCUT2D eigenvalue weighted by Crippen LogP contribution is 2.26. The Morgan fingerprint density at radius 2 is 2.00 bits per heavy atom. The van der Waals surface area contributed by atoms with Crippen LogP contribution in [0, 0.1) is 0 Å². The van der Waals surface area contributed by atoms with E-state index < -0.39 is 10.0 Å². The first-order chi connectivity index (χ1) is 10.8. The van der Waals surface area contributed by atoms with Gasteiger partial charge in [-0.25, -0.2) is 13.6 Å². The number of carbonyl (C=O) groups excluding carboxylic acids is 1. The Bertz CT molecular complexity index is 837. The van der Waals surface area contributed by atoms with Gasteiger partial charge in [0.05, 0.1) is 16.0 Å². The largest absolute Gasteiger partial charge is 0.493 e. The third kappa shape index (κ3) is 4.54. The molecule has 0 fully saturated rings. The van der Waals surface area contributed by atoms with Crippen molar-refractivity contribution in [3.63, 3.8) is 0 Å². The van der Waals surface area contributed by atoms with E-state index >= 15 is 0 Å². The average molecular weight is 399 g/mol. The molecule has 0 bridgehead atoms. The Morgan fingerprint density at radius 3 is 2.61 bits per heavy atom. The number of carbonyl (C=O) groups is 1. The number of ether oxygens (including phenoxy) is 1. The van der Waals surface area contributed by atoms with Crippen LogP contribution in [0.15, 0.2) is 51.8 Å². The highest BCUT2D eigenvalue weighted by molar-refractivity contribution is 9.10. The summed E-state index contributed by atoms with van der Waals surface area (Å²) in [7, 11) is -3.82. The molecule has 0 heterocycles. The molecule has 122 valence electrons. The summed E-state index contributed by atoms with van der Waals surface area (Å²) >= 11 is 3.34. The Kier molecular flexibility index (Phi) is 5.40. The van der Waals surface area contributed by atoms with Crippen molar-refractivity contribution in [2.45, 2.75) is 11.8 Å². The number of nitrogens with two attached hydrogens (primary N) is 1. The molecule has 0 saturated carbocycles. The molecule has 0 atom stereocenters. The summed E-state index contributed by atoms with van der Waals surface area (Å²) in [5, 5.41) is 7.70. The number of nitrogens with one attached hydrogen (secondary N) is 1. The first-order valence-corrected chi connectivity index (χ1v) is 9.01. The molecule has 0 aliphatic rings. The maximum absolute atomic E-state index is 12.2. The molecule has 0 spiro atoms. The first kappa shape index (κ1) is 17.5. The zero-order chi connectivity index (χ0) is 17.0. The van der Waals surface area contributed by atoms with E-state index in [4.69, 9.17) is 9.88 Å². The summed E-state index contributed by atoms with van der Waals surface area (Å²) in [6.45, 7) is 2.38. The average Bonchev–Trinajstić information content (AvgIpc) is 2.49. The maximum atomic E-state index is 12.2. The normalized spacial score (nSPS) is 11.1. The van der Waals surface area contributed by atoms with Gasteiger partial charge in [0.15, 0.2) is 0 Å². The summed E-state index contributed by atoms with van der Waals surface area (Å²) in [6, 6.07) is 10.7. The van der Waals surface area contributed by atoms with Crippen LogP contribution >= 0.6 is 15.9 Å². The second-order valence-electron chi connectivity index (χ2n) is 4.61. The van der Waals surface area contributed by atoms with Crippen LogP contribution < -0.4 is 15.2 Å². The summed E-state index contributed by atoms with van der Waals surface area (Å²) < 4.78 is 28.7. The third-order valence-electron chi connectivity index (χ3n) is 2.91. The van der Waals surface area contributed by atoms with E-state index in [2.05, 4.69) is 21.2 Å². The zero-order valence-corrected chi connectivity index (χ0v) is 14.6. The molecule has 0 unspecified atom stereocenters. The molecule has 0 saturated heterocycles. The lowest BCUT2D eigenvalue weighted by Gasteiger charge is -2.09. The second-order valence-corrected chi connectivity index (χ2v) is 7.02. The second kappa shape index (κ2) is 7.12. The van der Waals surface area contributed by atoms with Gasteiger partial charge >= 0.3 is 0 Å². The van der Waals surface area contributed by atoms with Crippen molar-refractivity contribution in [2.24, 2.45) is 5.14 Å². The molecule has 0 aliphatic carbocycles. The van der Waals surface area contributed by atoms with E-state index in [9.17, 15) is 13.2 Å². The molecule has 3 N–H and O–H groups in total. The number of rotatable bonds is 5. The summed E-state index contributed by atoms with van der Waals surface area (Å²) in [6.07, 6.45) is 0. The third-order valence-corrected chi connectivity index (χ3v) is 4.45. The van der Waals surface area contributed by atoms with E-state index in [1.165, 1.54) is 18.2 Å². The number of amides is 1. The molecule has 2 aromatic rings. The highest BCUT2D eigenvalue weighted by atomic mass is 79.9. The fourth-order valence-electron chi connectivity index (χ4n) is 1.87. The van der Waals surface area contributed by atoms with Gasteiger partial charge in [0, 0.05) is 11.3 Å². The molecule has 1 amide bonds. The van der Waals surface area contributed by atoms with Crippen LogP contribution in [0.5, 0.6) is 5.75 Å². The molecule has 2 aromatic carbocycles. The molecule has 2 rings (SSSR count). The monoisotopic (exact) mass is 398 g/mol. The van der Waals surface area contributed by atoms with Crippen LogP contribution in [0.2, 0.25) is 0 Å². The Balaban J connectivity index is 2.21. The number of hydrogen-bond donors (Lipinski definition) is 2. The smallest absolute Gasteiger partial charge is 0.255 e. The molecule has 8 heteroatoms. The van der Waals surface area contributed by atoms with Crippen molar-refractivity contribution in [1.82, 2.24) is 0 Å². The van der Waals surface area contributed by atoms with Gasteiger partial charge in [0.1, 0.15) is 5.75 Å². The molecule has 0 aromatic heterocycles. The van der Waals surface area contributed by atoms with Crippen LogP contribution in [-0.2, 0) is 10.0 Å². The van der Waals surface area contributed by atoms with Gasteiger partial charge < -0.3 is 10.1 Å². The quantitative estimate of drug-likeness (QED) is 0.808. The van der Waals surface area contributed by atoms with E-state index in [0.717, 1.165) is 0 Å². The Morgan fingerprint density at radius 1 is 1.26 bits per heavy atom. The van der Waals surface area contributed by atoms with Crippen molar-refractivity contribution in [1.29, 1.82) is 0 Å². The van der Waals surface area contributed by atoms with E-state index in [1.54, 1.807) is 24.3 Å². The molecule has 0 radical (unpaired) electrons. The summed E-state index contributed by atoms with van der Waals surface area (Å²) in [5.41, 5.74) is 0.743. The Labute approximate surface area is 142 Å². The van der Waals surface area contributed by atoms with Crippen molar-refractivity contribution in [3.05, 3.63) is 52.5 Å². The van der Waals surface area contributed by atoms with Gasteiger partial charge in [-0.2, -0.15) is 0 Å². The van der Waals surface area contributed by atoms with Gasteiger partial charge in [-0.05, 0) is 59.3 Å². The van der Waals surface area contributed by atoms with Gasteiger partial charge in [-0.15, -0.1) is 0 Å². The maximum Gasteiger partial charge on any atom is 0.255 e. The van der Waals surface area contributed by atoms with Crippen LogP contribution in [0.4, 0.5) is 5.69 Å². The molecular formula is C15H15BrN2O4S. The predicted octanol–water partition coefficient (Wildman–Crippen LogP) is 2.75. The van der Waals surface area contributed by atoms with Gasteiger partial charge in [-0.1, -0.05) is 6.07 Å². The molecule has 23 heavy (non-hydrogen) atoms. The van der Waals surface area contributed by atoms with Gasteiger partial charge in [0.25, 0.3) is 5.91 Å². The van der Waals surface area contributed by atoms with Crippen LogP contribution in [0.25, 0.3) is 0 Å². The standard InChI is InChI=1S/C15H15BrN2O4S/c1-2-22-14-7-6-10(8-13(14)16)15(19)18-11-4-3-5-12(9-11)23(17,20)21/h3-9H,2H2,1H3,(H,18,19)(H2,17,20,21). The molecule has 6 nitrogen and oxygen atoms in total. The Hall–Kier alpha value is -1.90. The number of anilines is 1.